The van der Waals surface area contributed by atoms with Crippen LogP contribution in [-0.4, -0.2) is 17.8 Å². The highest BCUT2D eigenvalue weighted by atomic mass is 35.5. The molecule has 0 heterocycles. The van der Waals surface area contributed by atoms with Crippen LogP contribution in [-0.2, 0) is 0 Å². The molecule has 2 nitrogen and oxygen atoms in total. The van der Waals surface area contributed by atoms with Gasteiger partial charge in [0.05, 0.1) is 0 Å². The number of rotatable bonds is 3. The van der Waals surface area contributed by atoms with Crippen LogP contribution < -0.4 is 5.32 Å². The lowest BCUT2D eigenvalue weighted by Crippen LogP contribution is -2.31. The van der Waals surface area contributed by atoms with Crippen molar-refractivity contribution in [1.29, 1.82) is 0 Å². The average Bonchev–Trinajstić information content (AvgIpc) is 2.40. The van der Waals surface area contributed by atoms with Gasteiger partial charge in [-0.15, -0.1) is 11.6 Å². The van der Waals surface area contributed by atoms with Crippen LogP contribution in [0.5, 0.6) is 0 Å². The first kappa shape index (κ1) is 14.7. The molecule has 19 heavy (non-hydrogen) atoms. The highest BCUT2D eigenvalue weighted by Crippen LogP contribution is 2.27. The molecule has 0 spiro atoms. The van der Waals surface area contributed by atoms with E-state index in [1.54, 1.807) is 12.1 Å². The van der Waals surface area contributed by atoms with Gasteiger partial charge in [-0.3, -0.25) is 4.79 Å². The predicted molar refractivity (Wildman–Crippen MR) is 80.1 cm³/mol. The van der Waals surface area contributed by atoms with Crippen LogP contribution in [0.15, 0.2) is 18.2 Å². The van der Waals surface area contributed by atoms with E-state index in [0.29, 0.717) is 21.9 Å². The summed E-state index contributed by atoms with van der Waals surface area (Å²) in [5.41, 5.74) is 1.62. The van der Waals surface area contributed by atoms with Gasteiger partial charge in [-0.1, -0.05) is 17.7 Å². The van der Waals surface area contributed by atoms with Gasteiger partial charge in [-0.2, -0.15) is 0 Å². The van der Waals surface area contributed by atoms with Gasteiger partial charge < -0.3 is 5.32 Å². The zero-order chi connectivity index (χ0) is 13.8. The quantitative estimate of drug-likeness (QED) is 0.834. The number of hydrogen-bond acceptors (Lipinski definition) is 1. The molecule has 4 heteroatoms. The number of halogens is 2. The van der Waals surface area contributed by atoms with Gasteiger partial charge in [-0.25, -0.2) is 0 Å². The Morgan fingerprint density at radius 2 is 2.00 bits per heavy atom. The zero-order valence-corrected chi connectivity index (χ0v) is 12.6. The van der Waals surface area contributed by atoms with Crippen molar-refractivity contribution < 1.29 is 4.79 Å². The number of nitrogens with one attached hydrogen (secondary N) is 1. The molecule has 1 saturated carbocycles. The van der Waals surface area contributed by atoms with Crippen molar-refractivity contribution in [3.05, 3.63) is 34.3 Å². The van der Waals surface area contributed by atoms with Crippen LogP contribution in [0.25, 0.3) is 0 Å². The molecule has 1 aliphatic rings. The van der Waals surface area contributed by atoms with Gasteiger partial charge in [0.1, 0.15) is 0 Å². The lowest BCUT2D eigenvalue weighted by Gasteiger charge is -2.25. The predicted octanol–water partition coefficient (Wildman–Crippen LogP) is 4.18. The third kappa shape index (κ3) is 4.12. The van der Waals surface area contributed by atoms with Crippen LogP contribution in [0.2, 0.25) is 5.02 Å². The fraction of sp³-hybridized carbons (Fsp3) is 0.533. The van der Waals surface area contributed by atoms with Gasteiger partial charge in [0, 0.05) is 22.5 Å². The maximum absolute atomic E-state index is 12.1. The van der Waals surface area contributed by atoms with E-state index >= 15 is 0 Å². The molecule has 0 bridgehead atoms. The van der Waals surface area contributed by atoms with Crippen molar-refractivity contribution in [2.45, 2.75) is 38.0 Å². The van der Waals surface area contributed by atoms with Crippen LogP contribution in [0.1, 0.15) is 41.6 Å². The normalized spacial score (nSPS) is 23.1. The first-order chi connectivity index (χ1) is 9.06. The summed E-state index contributed by atoms with van der Waals surface area (Å²) in [7, 11) is 0. The second-order valence-corrected chi connectivity index (χ2v) is 6.34. The number of amides is 1. The standard InChI is InChI=1S/C15H19Cl2NO/c1-10-2-5-13(17)8-14(10)15(19)18-9-11-3-6-12(16)7-4-11/h2,5,8,11-12H,3-4,6-7,9H2,1H3,(H,18,19). The minimum Gasteiger partial charge on any atom is -0.352 e. The van der Waals surface area contributed by atoms with Gasteiger partial charge >= 0.3 is 0 Å². The summed E-state index contributed by atoms with van der Waals surface area (Å²) >= 11 is 12.0. The molecule has 104 valence electrons. The summed E-state index contributed by atoms with van der Waals surface area (Å²) in [5.74, 6) is 0.520. The molecule has 0 unspecified atom stereocenters. The number of hydrogen-bond donors (Lipinski definition) is 1. The first-order valence-electron chi connectivity index (χ1n) is 6.74. The monoisotopic (exact) mass is 299 g/mol. The van der Waals surface area contributed by atoms with Gasteiger partial charge in [-0.05, 0) is 56.2 Å². The maximum atomic E-state index is 12.1. The highest BCUT2D eigenvalue weighted by molar-refractivity contribution is 6.31. The molecule has 0 aliphatic heterocycles. The Morgan fingerprint density at radius 1 is 1.32 bits per heavy atom. The Labute approximate surface area is 124 Å². The number of carbonyl (C=O) groups is 1. The molecular weight excluding hydrogens is 281 g/mol. The molecular formula is C15H19Cl2NO. The van der Waals surface area contributed by atoms with Gasteiger partial charge in [0.25, 0.3) is 5.91 Å². The minimum absolute atomic E-state index is 0.0343. The third-order valence-electron chi connectivity index (χ3n) is 3.77. The molecule has 1 amide bonds. The number of benzene rings is 1. The molecule has 1 aromatic carbocycles. The summed E-state index contributed by atoms with van der Waals surface area (Å²) in [6.07, 6.45) is 4.31. The highest BCUT2D eigenvalue weighted by Gasteiger charge is 2.20. The Morgan fingerprint density at radius 3 is 2.68 bits per heavy atom. The SMILES string of the molecule is Cc1ccc(Cl)cc1C(=O)NCC1CCC(Cl)CC1. The van der Waals surface area contributed by atoms with E-state index in [9.17, 15) is 4.79 Å². The van der Waals surface area contributed by atoms with Crippen LogP contribution in [0, 0.1) is 12.8 Å². The Kier molecular flexibility index (Phi) is 5.12. The maximum Gasteiger partial charge on any atom is 0.251 e. The molecule has 0 aromatic heterocycles. The van der Waals surface area contributed by atoms with E-state index < -0.39 is 0 Å². The third-order valence-corrected chi connectivity index (χ3v) is 4.44. The summed E-state index contributed by atoms with van der Waals surface area (Å²) in [5, 5.41) is 3.93. The lowest BCUT2D eigenvalue weighted by atomic mass is 9.89. The van der Waals surface area contributed by atoms with Crippen molar-refractivity contribution in [2.24, 2.45) is 5.92 Å². The summed E-state index contributed by atoms with van der Waals surface area (Å²) in [6.45, 7) is 2.65. The number of aryl methyl sites for hydroxylation is 1. The second-order valence-electron chi connectivity index (χ2n) is 5.29. The zero-order valence-electron chi connectivity index (χ0n) is 11.1. The topological polar surface area (TPSA) is 29.1 Å². The molecule has 1 N–H and O–H groups in total. The molecule has 1 fully saturated rings. The largest absolute Gasteiger partial charge is 0.352 e. The van der Waals surface area contributed by atoms with Gasteiger partial charge in [0.15, 0.2) is 0 Å². The van der Waals surface area contributed by atoms with E-state index in [1.807, 2.05) is 13.0 Å². The second kappa shape index (κ2) is 6.62. The van der Waals surface area contributed by atoms with Crippen molar-refractivity contribution in [2.75, 3.05) is 6.54 Å². The number of alkyl halides is 1. The molecule has 2 rings (SSSR count). The van der Waals surface area contributed by atoms with E-state index in [1.165, 1.54) is 0 Å². The van der Waals surface area contributed by atoms with Crippen molar-refractivity contribution in [1.82, 2.24) is 5.32 Å². The summed E-state index contributed by atoms with van der Waals surface area (Å²) < 4.78 is 0. The Hall–Kier alpha value is -0.730. The van der Waals surface area contributed by atoms with E-state index in [0.717, 1.165) is 37.8 Å². The average molecular weight is 300 g/mol. The molecule has 0 saturated heterocycles. The minimum atomic E-state index is -0.0343. The van der Waals surface area contributed by atoms with Crippen molar-refractivity contribution in [3.63, 3.8) is 0 Å². The Bertz CT molecular complexity index is 453. The molecule has 1 aliphatic carbocycles. The van der Waals surface area contributed by atoms with Gasteiger partial charge in [0.2, 0.25) is 0 Å². The molecule has 0 radical (unpaired) electrons. The van der Waals surface area contributed by atoms with Crippen LogP contribution in [0.3, 0.4) is 0 Å². The van der Waals surface area contributed by atoms with E-state index in [-0.39, 0.29) is 5.91 Å². The first-order valence-corrected chi connectivity index (χ1v) is 7.56. The van der Waals surface area contributed by atoms with Crippen LogP contribution >= 0.6 is 23.2 Å². The molecule has 0 atom stereocenters. The fourth-order valence-electron chi connectivity index (χ4n) is 2.50. The van der Waals surface area contributed by atoms with Crippen LogP contribution in [0.4, 0.5) is 0 Å². The summed E-state index contributed by atoms with van der Waals surface area (Å²) in [4.78, 5) is 12.1. The molecule has 1 aromatic rings. The summed E-state index contributed by atoms with van der Waals surface area (Å²) in [6, 6.07) is 5.40. The van der Waals surface area contributed by atoms with Crippen molar-refractivity contribution in [3.8, 4) is 0 Å². The lowest BCUT2D eigenvalue weighted by molar-refractivity contribution is 0.0943. The number of carbonyl (C=O) groups excluding carboxylic acids is 1. The Balaban J connectivity index is 1.89. The van der Waals surface area contributed by atoms with E-state index in [2.05, 4.69) is 5.32 Å². The fourth-order valence-corrected chi connectivity index (χ4v) is 2.92. The smallest absolute Gasteiger partial charge is 0.251 e. The van der Waals surface area contributed by atoms with E-state index in [4.69, 9.17) is 23.2 Å². The van der Waals surface area contributed by atoms with Crippen molar-refractivity contribution >= 4 is 29.1 Å².